The van der Waals surface area contributed by atoms with Crippen molar-refractivity contribution in [1.29, 1.82) is 0 Å². The number of hydrogen-bond acceptors (Lipinski definition) is 4. The first kappa shape index (κ1) is 14.9. The Morgan fingerprint density at radius 2 is 1.94 bits per heavy atom. The van der Waals surface area contributed by atoms with Gasteiger partial charge in [0.2, 0.25) is 5.91 Å². The Morgan fingerprint density at radius 3 is 2.38 bits per heavy atom. The molecule has 0 aliphatic carbocycles. The zero-order valence-corrected chi connectivity index (χ0v) is 10.2. The Bertz CT molecular complexity index is 349. The highest BCUT2D eigenvalue weighted by molar-refractivity contribution is 7.92. The predicted octanol–water partition coefficient (Wildman–Crippen LogP) is -0.352. The van der Waals surface area contributed by atoms with E-state index < -0.39 is 33.4 Å². The number of sulfone groups is 1. The van der Waals surface area contributed by atoms with Gasteiger partial charge in [-0.05, 0) is 6.42 Å². The number of hydrogen-bond donors (Lipinski definition) is 2. The highest BCUT2D eigenvalue weighted by Gasteiger charge is 2.17. The van der Waals surface area contributed by atoms with Crippen LogP contribution in [0.25, 0.3) is 0 Å². The molecule has 94 valence electrons. The van der Waals surface area contributed by atoms with Crippen LogP contribution in [-0.4, -0.2) is 43.5 Å². The van der Waals surface area contributed by atoms with E-state index in [1.165, 1.54) is 6.92 Å². The molecular weight excluding hydrogens is 234 g/mol. The van der Waals surface area contributed by atoms with Gasteiger partial charge in [0.1, 0.15) is 5.75 Å². The minimum Gasteiger partial charge on any atom is -0.481 e. The van der Waals surface area contributed by atoms with Gasteiger partial charge >= 0.3 is 5.97 Å². The van der Waals surface area contributed by atoms with Crippen molar-refractivity contribution in [3.05, 3.63) is 0 Å². The molecule has 0 bridgehead atoms. The van der Waals surface area contributed by atoms with Gasteiger partial charge in [0.05, 0.1) is 11.7 Å². The van der Waals surface area contributed by atoms with Gasteiger partial charge in [-0.15, -0.1) is 0 Å². The fourth-order valence-electron chi connectivity index (χ4n) is 0.988. The Hall–Kier alpha value is -1.11. The van der Waals surface area contributed by atoms with Gasteiger partial charge in [-0.2, -0.15) is 0 Å². The molecule has 7 heteroatoms. The van der Waals surface area contributed by atoms with Gasteiger partial charge in [-0.3, -0.25) is 9.59 Å². The van der Waals surface area contributed by atoms with Crippen molar-refractivity contribution in [2.75, 3.05) is 18.1 Å². The lowest BCUT2D eigenvalue weighted by Gasteiger charge is -2.08. The molecule has 0 aromatic carbocycles. The van der Waals surface area contributed by atoms with Crippen LogP contribution >= 0.6 is 0 Å². The summed E-state index contributed by atoms with van der Waals surface area (Å²) in [7, 11) is -3.36. The van der Waals surface area contributed by atoms with E-state index in [0.717, 1.165) is 0 Å². The van der Waals surface area contributed by atoms with Crippen LogP contribution < -0.4 is 5.32 Å². The van der Waals surface area contributed by atoms with E-state index in [9.17, 15) is 18.0 Å². The topological polar surface area (TPSA) is 101 Å². The van der Waals surface area contributed by atoms with Crippen LogP contribution in [0, 0.1) is 5.92 Å². The van der Waals surface area contributed by atoms with Crippen LogP contribution in [0.2, 0.25) is 0 Å². The molecule has 0 saturated heterocycles. The van der Waals surface area contributed by atoms with Crippen LogP contribution in [0.1, 0.15) is 20.3 Å². The lowest BCUT2D eigenvalue weighted by molar-refractivity contribution is -0.141. The Kier molecular flexibility index (Phi) is 6.02. The third-order valence-electron chi connectivity index (χ3n) is 1.89. The molecule has 0 aliphatic heterocycles. The molecule has 0 fully saturated rings. The number of aliphatic carboxylic acids is 1. The fourth-order valence-corrected chi connectivity index (χ4v) is 2.26. The molecular formula is C9H17NO5S. The van der Waals surface area contributed by atoms with Crippen molar-refractivity contribution in [3.8, 4) is 0 Å². The number of nitrogens with one attached hydrogen (secondary N) is 1. The molecule has 0 spiro atoms. The summed E-state index contributed by atoms with van der Waals surface area (Å²) in [6.45, 7) is 3.08. The van der Waals surface area contributed by atoms with Crippen molar-refractivity contribution >= 4 is 21.7 Å². The summed E-state index contributed by atoms with van der Waals surface area (Å²) in [6.07, 6.45) is 0.459. The number of carbonyl (C=O) groups is 2. The maximum absolute atomic E-state index is 11.2. The molecule has 0 heterocycles. The first-order valence-electron chi connectivity index (χ1n) is 4.98. The highest BCUT2D eigenvalue weighted by Crippen LogP contribution is 1.95. The molecule has 0 aliphatic rings. The van der Waals surface area contributed by atoms with Crippen molar-refractivity contribution in [2.45, 2.75) is 20.3 Å². The zero-order valence-electron chi connectivity index (χ0n) is 9.39. The summed E-state index contributed by atoms with van der Waals surface area (Å²) < 4.78 is 22.5. The summed E-state index contributed by atoms with van der Waals surface area (Å²) in [5, 5.41) is 10.8. The summed E-state index contributed by atoms with van der Waals surface area (Å²) >= 11 is 0. The fraction of sp³-hybridized carbons (Fsp3) is 0.778. The van der Waals surface area contributed by atoms with Crippen LogP contribution in [0.3, 0.4) is 0 Å². The maximum Gasteiger partial charge on any atom is 0.308 e. The van der Waals surface area contributed by atoms with Crippen molar-refractivity contribution in [1.82, 2.24) is 5.32 Å². The zero-order chi connectivity index (χ0) is 12.8. The minimum absolute atomic E-state index is 0.0328. The van der Waals surface area contributed by atoms with E-state index in [1.54, 1.807) is 6.92 Å². The van der Waals surface area contributed by atoms with E-state index in [1.807, 2.05) is 0 Å². The highest BCUT2D eigenvalue weighted by atomic mass is 32.2. The maximum atomic E-state index is 11.2. The van der Waals surface area contributed by atoms with Crippen molar-refractivity contribution in [3.63, 3.8) is 0 Å². The lowest BCUT2D eigenvalue weighted by atomic mass is 10.2. The lowest BCUT2D eigenvalue weighted by Crippen LogP contribution is -2.35. The van der Waals surface area contributed by atoms with E-state index >= 15 is 0 Å². The summed E-state index contributed by atoms with van der Waals surface area (Å²) in [4.78, 5) is 21.6. The van der Waals surface area contributed by atoms with Crippen LogP contribution in [0.4, 0.5) is 0 Å². The first-order chi connectivity index (χ1) is 7.28. The van der Waals surface area contributed by atoms with Crippen LogP contribution in [-0.2, 0) is 19.4 Å². The molecule has 0 rings (SSSR count). The Labute approximate surface area is 95.0 Å². The molecule has 6 nitrogen and oxygen atoms in total. The number of rotatable bonds is 7. The van der Waals surface area contributed by atoms with Crippen molar-refractivity contribution < 1.29 is 23.1 Å². The molecule has 0 saturated carbocycles. The Balaban J connectivity index is 4.06. The molecule has 1 unspecified atom stereocenters. The number of carboxylic acid groups (broad SMARTS) is 1. The van der Waals surface area contributed by atoms with E-state index in [0.29, 0.717) is 6.42 Å². The van der Waals surface area contributed by atoms with E-state index in [4.69, 9.17) is 5.11 Å². The second-order valence-corrected chi connectivity index (χ2v) is 5.82. The molecule has 1 amide bonds. The largest absolute Gasteiger partial charge is 0.481 e. The second-order valence-electron chi connectivity index (χ2n) is 3.64. The number of amides is 1. The normalized spacial score (nSPS) is 13.1. The van der Waals surface area contributed by atoms with Crippen LogP contribution in [0.5, 0.6) is 0 Å². The SMILES string of the molecule is CCCS(=O)(=O)CC(=O)NCC(C)C(=O)O. The third kappa shape index (κ3) is 6.39. The molecule has 0 aromatic rings. The van der Waals surface area contributed by atoms with Gasteiger partial charge in [0, 0.05) is 6.54 Å². The summed E-state index contributed by atoms with van der Waals surface area (Å²) in [5.41, 5.74) is 0. The van der Waals surface area contributed by atoms with Gasteiger partial charge < -0.3 is 10.4 Å². The molecule has 0 aromatic heterocycles. The first-order valence-corrected chi connectivity index (χ1v) is 6.80. The Morgan fingerprint density at radius 1 is 1.38 bits per heavy atom. The van der Waals surface area contributed by atoms with Gasteiger partial charge in [0.25, 0.3) is 0 Å². The quantitative estimate of drug-likeness (QED) is 0.644. The molecule has 1 atom stereocenters. The van der Waals surface area contributed by atoms with Crippen LogP contribution in [0.15, 0.2) is 0 Å². The number of carboxylic acids is 1. The smallest absolute Gasteiger partial charge is 0.308 e. The van der Waals surface area contributed by atoms with Crippen molar-refractivity contribution in [2.24, 2.45) is 5.92 Å². The van der Waals surface area contributed by atoms with Gasteiger partial charge in [-0.25, -0.2) is 8.42 Å². The monoisotopic (exact) mass is 251 g/mol. The minimum atomic E-state index is -3.36. The number of carbonyl (C=O) groups excluding carboxylic acids is 1. The second kappa shape index (κ2) is 6.47. The van der Waals surface area contributed by atoms with E-state index in [-0.39, 0.29) is 12.3 Å². The molecule has 16 heavy (non-hydrogen) atoms. The third-order valence-corrected chi connectivity index (χ3v) is 3.63. The standard InChI is InChI=1S/C9H17NO5S/c1-3-4-16(14,15)6-8(11)10-5-7(2)9(12)13/h7H,3-6H2,1-2H3,(H,10,11)(H,12,13). The van der Waals surface area contributed by atoms with E-state index in [2.05, 4.69) is 5.32 Å². The average molecular weight is 251 g/mol. The molecule has 0 radical (unpaired) electrons. The average Bonchev–Trinajstić information content (AvgIpc) is 2.12. The molecule has 2 N–H and O–H groups in total. The van der Waals surface area contributed by atoms with Gasteiger partial charge in [0.15, 0.2) is 9.84 Å². The summed E-state index contributed by atoms with van der Waals surface area (Å²) in [6, 6.07) is 0. The summed E-state index contributed by atoms with van der Waals surface area (Å²) in [5.74, 6) is -3.02. The predicted molar refractivity (Wildman–Crippen MR) is 58.8 cm³/mol. The van der Waals surface area contributed by atoms with Gasteiger partial charge in [-0.1, -0.05) is 13.8 Å².